The Labute approximate surface area is 116 Å². The Morgan fingerprint density at radius 1 is 1.35 bits per heavy atom. The lowest BCUT2D eigenvalue weighted by molar-refractivity contribution is 0.972. The first-order chi connectivity index (χ1) is 8.06. The molecule has 4 nitrogen and oxygen atoms in total. The van der Waals surface area contributed by atoms with E-state index in [0.717, 1.165) is 24.5 Å². The van der Waals surface area contributed by atoms with Crippen molar-refractivity contribution in [2.24, 2.45) is 0 Å². The maximum Gasteiger partial charge on any atom is 0.208 e. The van der Waals surface area contributed by atoms with Gasteiger partial charge in [-0.05, 0) is 34.1 Å². The van der Waals surface area contributed by atoms with Crippen molar-refractivity contribution in [3.05, 3.63) is 22.7 Å². The van der Waals surface area contributed by atoms with E-state index in [1.54, 1.807) is 23.1 Å². The van der Waals surface area contributed by atoms with Crippen LogP contribution in [0.4, 0.5) is 10.8 Å². The molecule has 7 heteroatoms. The summed E-state index contributed by atoms with van der Waals surface area (Å²) in [5, 5.41) is 9.13. The maximum atomic E-state index is 5.69. The number of nitrogens with two attached hydrogens (primary N) is 1. The molecule has 0 spiro atoms. The van der Waals surface area contributed by atoms with Crippen molar-refractivity contribution in [3.8, 4) is 0 Å². The first-order valence-corrected chi connectivity index (χ1v) is 7.22. The Kier molecular flexibility index (Phi) is 3.90. The second-order valence-electron chi connectivity index (χ2n) is 3.54. The van der Waals surface area contributed by atoms with Crippen molar-refractivity contribution in [2.45, 2.75) is 9.24 Å². The van der Waals surface area contributed by atoms with Gasteiger partial charge in [0.15, 0.2) is 4.34 Å². The molecule has 2 rings (SSSR count). The van der Waals surface area contributed by atoms with Gasteiger partial charge in [-0.25, -0.2) is 0 Å². The van der Waals surface area contributed by atoms with Gasteiger partial charge in [0.25, 0.3) is 0 Å². The van der Waals surface area contributed by atoms with Gasteiger partial charge >= 0.3 is 0 Å². The summed E-state index contributed by atoms with van der Waals surface area (Å²) in [6.07, 6.45) is 0. The number of halogens is 1. The number of rotatable bonds is 3. The van der Waals surface area contributed by atoms with Crippen LogP contribution >= 0.6 is 39.0 Å². The number of benzene rings is 1. The molecule has 90 valence electrons. The van der Waals surface area contributed by atoms with Crippen molar-refractivity contribution < 1.29 is 0 Å². The molecule has 0 saturated carbocycles. The molecule has 0 atom stereocenters. The zero-order chi connectivity index (χ0) is 12.4. The zero-order valence-electron chi connectivity index (χ0n) is 9.35. The average molecular weight is 331 g/mol. The molecule has 0 aliphatic carbocycles. The molecule has 0 bridgehead atoms. The van der Waals surface area contributed by atoms with E-state index >= 15 is 0 Å². The van der Waals surface area contributed by atoms with E-state index in [9.17, 15) is 0 Å². The average Bonchev–Trinajstić information content (AvgIpc) is 2.71. The molecular weight excluding hydrogens is 320 g/mol. The fourth-order valence-corrected chi connectivity index (χ4v) is 3.48. The van der Waals surface area contributed by atoms with Crippen LogP contribution in [0.3, 0.4) is 0 Å². The lowest BCUT2D eigenvalue weighted by atomic mass is 10.3. The van der Waals surface area contributed by atoms with Crippen LogP contribution in [0.25, 0.3) is 0 Å². The second kappa shape index (κ2) is 5.24. The summed E-state index contributed by atoms with van der Waals surface area (Å²) in [6.45, 7) is 0. The first-order valence-electron chi connectivity index (χ1n) is 4.80. The molecule has 1 aromatic carbocycles. The van der Waals surface area contributed by atoms with Gasteiger partial charge in [-0.1, -0.05) is 23.1 Å². The van der Waals surface area contributed by atoms with Crippen molar-refractivity contribution in [3.63, 3.8) is 0 Å². The minimum atomic E-state index is 0.743. The number of aromatic nitrogens is 2. The standard InChI is InChI=1S/C10H11BrN4S2/c1-15(2)9-13-14-10(17-9)16-8-4-3-6(12)5-7(8)11/h3-5H,12H2,1-2H3. The summed E-state index contributed by atoms with van der Waals surface area (Å²) in [4.78, 5) is 3.03. The Morgan fingerprint density at radius 2 is 2.12 bits per heavy atom. The highest BCUT2D eigenvalue weighted by molar-refractivity contribution is 9.10. The minimum absolute atomic E-state index is 0.743. The van der Waals surface area contributed by atoms with E-state index in [4.69, 9.17) is 5.73 Å². The molecule has 0 aliphatic heterocycles. The SMILES string of the molecule is CN(C)c1nnc(Sc2ccc(N)cc2Br)s1. The van der Waals surface area contributed by atoms with Crippen molar-refractivity contribution in [1.82, 2.24) is 10.2 Å². The molecule has 0 fully saturated rings. The van der Waals surface area contributed by atoms with Crippen molar-refractivity contribution in [2.75, 3.05) is 24.7 Å². The lowest BCUT2D eigenvalue weighted by Crippen LogP contribution is -2.07. The van der Waals surface area contributed by atoms with Gasteiger partial charge in [-0.2, -0.15) is 0 Å². The Hall–Kier alpha value is -0.790. The van der Waals surface area contributed by atoms with Gasteiger partial charge in [0, 0.05) is 29.2 Å². The molecule has 0 unspecified atom stereocenters. The van der Waals surface area contributed by atoms with Crippen molar-refractivity contribution >= 4 is 49.8 Å². The minimum Gasteiger partial charge on any atom is -0.399 e. The summed E-state index contributed by atoms with van der Waals surface area (Å²) in [5.74, 6) is 0. The Bertz CT molecular complexity index is 527. The first kappa shape index (κ1) is 12.7. The highest BCUT2D eigenvalue weighted by atomic mass is 79.9. The predicted octanol–water partition coefficient (Wildman–Crippen LogP) is 3.10. The normalized spacial score (nSPS) is 10.5. The lowest BCUT2D eigenvalue weighted by Gasteiger charge is -2.04. The zero-order valence-corrected chi connectivity index (χ0v) is 12.6. The van der Waals surface area contributed by atoms with E-state index in [1.807, 2.05) is 37.2 Å². The van der Waals surface area contributed by atoms with Crippen LogP contribution in [-0.2, 0) is 0 Å². The molecule has 2 aromatic rings. The Morgan fingerprint density at radius 3 is 2.71 bits per heavy atom. The monoisotopic (exact) mass is 330 g/mol. The smallest absolute Gasteiger partial charge is 0.208 e. The maximum absolute atomic E-state index is 5.69. The largest absolute Gasteiger partial charge is 0.399 e. The predicted molar refractivity (Wildman–Crippen MR) is 76.9 cm³/mol. The van der Waals surface area contributed by atoms with Crippen LogP contribution in [0, 0.1) is 0 Å². The second-order valence-corrected chi connectivity index (χ2v) is 6.64. The molecule has 0 saturated heterocycles. The highest BCUT2D eigenvalue weighted by Crippen LogP contribution is 2.37. The molecular formula is C10H11BrN4S2. The molecule has 1 aromatic heterocycles. The Balaban J connectivity index is 2.19. The molecule has 1 heterocycles. The van der Waals surface area contributed by atoms with Crippen LogP contribution in [0.15, 0.2) is 31.9 Å². The van der Waals surface area contributed by atoms with E-state index < -0.39 is 0 Å². The van der Waals surface area contributed by atoms with E-state index in [-0.39, 0.29) is 0 Å². The fraction of sp³-hybridized carbons (Fsp3) is 0.200. The summed E-state index contributed by atoms with van der Waals surface area (Å²) < 4.78 is 1.89. The summed E-state index contributed by atoms with van der Waals surface area (Å²) >= 11 is 6.63. The van der Waals surface area contributed by atoms with Gasteiger partial charge in [-0.15, -0.1) is 10.2 Å². The topological polar surface area (TPSA) is 55.0 Å². The number of nitrogens with zero attached hydrogens (tertiary/aromatic N) is 3. The number of hydrogen-bond acceptors (Lipinski definition) is 6. The third-order valence-electron chi connectivity index (χ3n) is 1.93. The van der Waals surface area contributed by atoms with Gasteiger partial charge in [-0.3, -0.25) is 0 Å². The van der Waals surface area contributed by atoms with Crippen molar-refractivity contribution in [1.29, 1.82) is 0 Å². The molecule has 17 heavy (non-hydrogen) atoms. The van der Waals surface area contributed by atoms with Crippen LogP contribution in [0.2, 0.25) is 0 Å². The third kappa shape index (κ3) is 3.11. The van der Waals surface area contributed by atoms with Gasteiger partial charge < -0.3 is 10.6 Å². The van der Waals surface area contributed by atoms with Crippen LogP contribution in [0.5, 0.6) is 0 Å². The van der Waals surface area contributed by atoms with E-state index in [1.165, 1.54) is 0 Å². The van der Waals surface area contributed by atoms with Gasteiger partial charge in [0.2, 0.25) is 5.13 Å². The van der Waals surface area contributed by atoms with E-state index in [2.05, 4.69) is 26.1 Å². The molecule has 0 amide bonds. The molecule has 2 N–H and O–H groups in total. The number of nitrogen functional groups attached to an aromatic ring is 1. The summed E-state index contributed by atoms with van der Waals surface area (Å²) in [5.41, 5.74) is 6.44. The van der Waals surface area contributed by atoms with Gasteiger partial charge in [0.1, 0.15) is 0 Å². The summed E-state index contributed by atoms with van der Waals surface area (Å²) in [7, 11) is 3.90. The summed E-state index contributed by atoms with van der Waals surface area (Å²) in [6, 6.07) is 5.73. The quantitative estimate of drug-likeness (QED) is 0.876. The number of hydrogen-bond donors (Lipinski definition) is 1. The van der Waals surface area contributed by atoms with Crippen LogP contribution in [0.1, 0.15) is 0 Å². The van der Waals surface area contributed by atoms with Crippen LogP contribution in [-0.4, -0.2) is 24.3 Å². The van der Waals surface area contributed by atoms with Gasteiger partial charge in [0.05, 0.1) is 0 Å². The molecule has 0 aliphatic rings. The van der Waals surface area contributed by atoms with Crippen LogP contribution < -0.4 is 10.6 Å². The fourth-order valence-electron chi connectivity index (χ4n) is 1.12. The number of anilines is 2. The highest BCUT2D eigenvalue weighted by Gasteiger charge is 2.09. The molecule has 0 radical (unpaired) electrons. The third-order valence-corrected chi connectivity index (χ3v) is 5.07. The van der Waals surface area contributed by atoms with E-state index in [0.29, 0.717) is 0 Å².